The molecule has 1 aromatic rings. The van der Waals surface area contributed by atoms with Gasteiger partial charge in [0.25, 0.3) is 0 Å². The van der Waals surface area contributed by atoms with Crippen LogP contribution in [-0.2, 0) is 0 Å². The molecule has 1 unspecified atom stereocenters. The monoisotopic (exact) mass is 195 g/mol. The van der Waals surface area contributed by atoms with Crippen molar-refractivity contribution in [2.24, 2.45) is 5.41 Å². The normalized spacial score (nSPS) is 24.4. The van der Waals surface area contributed by atoms with Crippen LogP contribution in [0, 0.1) is 5.41 Å². The fourth-order valence-corrected chi connectivity index (χ4v) is 2.19. The van der Waals surface area contributed by atoms with Crippen molar-refractivity contribution in [3.63, 3.8) is 0 Å². The van der Waals surface area contributed by atoms with Crippen LogP contribution in [0.2, 0.25) is 5.02 Å². The highest BCUT2D eigenvalue weighted by atomic mass is 35.5. The quantitative estimate of drug-likeness (QED) is 0.683. The van der Waals surface area contributed by atoms with E-state index in [1.54, 1.807) is 0 Å². The summed E-state index contributed by atoms with van der Waals surface area (Å²) in [6.45, 7) is 4.50. The zero-order valence-electron chi connectivity index (χ0n) is 7.97. The fraction of sp³-hybridized carbons (Fsp3) is 0.455. The molecule has 1 aliphatic rings. The summed E-state index contributed by atoms with van der Waals surface area (Å²) in [6, 6.07) is 5.74. The molecule has 1 aliphatic carbocycles. The van der Waals surface area contributed by atoms with Gasteiger partial charge in [-0.25, -0.2) is 0 Å². The van der Waals surface area contributed by atoms with E-state index in [9.17, 15) is 0 Å². The van der Waals surface area contributed by atoms with E-state index in [0.717, 1.165) is 16.3 Å². The summed E-state index contributed by atoms with van der Waals surface area (Å²) >= 11 is 6.11. The first-order valence-corrected chi connectivity index (χ1v) is 4.94. The van der Waals surface area contributed by atoms with E-state index in [-0.39, 0.29) is 0 Å². The van der Waals surface area contributed by atoms with E-state index in [1.165, 1.54) is 6.42 Å². The summed E-state index contributed by atoms with van der Waals surface area (Å²) in [4.78, 5) is 0. The number of rotatable bonds is 1. The fourth-order valence-electron chi connectivity index (χ4n) is 1.88. The Morgan fingerprint density at radius 3 is 2.54 bits per heavy atom. The van der Waals surface area contributed by atoms with E-state index in [0.29, 0.717) is 11.3 Å². The summed E-state index contributed by atoms with van der Waals surface area (Å²) < 4.78 is 0. The minimum absolute atomic E-state index is 0.388. The third-order valence-corrected chi connectivity index (χ3v) is 3.28. The number of anilines is 1. The molecule has 2 rings (SSSR count). The highest BCUT2D eigenvalue weighted by molar-refractivity contribution is 6.31. The molecule has 0 spiro atoms. The lowest BCUT2D eigenvalue weighted by Crippen LogP contribution is -1.97. The number of hydrogen-bond acceptors (Lipinski definition) is 1. The van der Waals surface area contributed by atoms with Gasteiger partial charge in [0.05, 0.1) is 0 Å². The zero-order valence-corrected chi connectivity index (χ0v) is 8.73. The Morgan fingerprint density at radius 2 is 2.08 bits per heavy atom. The van der Waals surface area contributed by atoms with Crippen LogP contribution < -0.4 is 5.73 Å². The number of nitrogens with two attached hydrogens (primary N) is 1. The van der Waals surface area contributed by atoms with Gasteiger partial charge >= 0.3 is 0 Å². The zero-order chi connectivity index (χ0) is 9.64. The van der Waals surface area contributed by atoms with Crippen LogP contribution >= 0.6 is 11.6 Å². The predicted octanol–water partition coefficient (Wildman–Crippen LogP) is 3.44. The molecule has 0 bridgehead atoms. The molecule has 13 heavy (non-hydrogen) atoms. The van der Waals surface area contributed by atoms with Crippen LogP contribution in [0.3, 0.4) is 0 Å². The van der Waals surface area contributed by atoms with E-state index >= 15 is 0 Å². The second kappa shape index (κ2) is 2.65. The largest absolute Gasteiger partial charge is 0.398 e. The van der Waals surface area contributed by atoms with Gasteiger partial charge in [-0.1, -0.05) is 31.5 Å². The van der Waals surface area contributed by atoms with E-state index < -0.39 is 0 Å². The molecule has 2 N–H and O–H groups in total. The maximum atomic E-state index is 6.11. The second-order valence-electron chi connectivity index (χ2n) is 4.49. The Bertz CT molecular complexity index is 324. The molecule has 2 heteroatoms. The molecule has 0 heterocycles. The third-order valence-electron chi connectivity index (χ3n) is 2.95. The van der Waals surface area contributed by atoms with Crippen LogP contribution in [0.1, 0.15) is 31.7 Å². The lowest BCUT2D eigenvalue weighted by Gasteiger charge is -2.09. The summed E-state index contributed by atoms with van der Waals surface area (Å²) in [5, 5.41) is 0.815. The Kier molecular flexibility index (Phi) is 1.81. The van der Waals surface area contributed by atoms with Gasteiger partial charge in [0, 0.05) is 10.7 Å². The highest BCUT2D eigenvalue weighted by Crippen LogP contribution is 2.60. The van der Waals surface area contributed by atoms with Crippen molar-refractivity contribution < 1.29 is 0 Å². The maximum absolute atomic E-state index is 6.11. The minimum Gasteiger partial charge on any atom is -0.398 e. The number of hydrogen-bond donors (Lipinski definition) is 1. The van der Waals surface area contributed by atoms with Crippen molar-refractivity contribution >= 4 is 17.3 Å². The standard InChI is InChI=1S/C11H14ClN/c1-11(2)6-7(11)10-8(12)4-3-5-9(10)13/h3-5,7H,6,13H2,1-2H3. The predicted molar refractivity (Wildman–Crippen MR) is 57.0 cm³/mol. The van der Waals surface area contributed by atoms with Gasteiger partial charge in [-0.2, -0.15) is 0 Å². The van der Waals surface area contributed by atoms with Gasteiger partial charge in [0.2, 0.25) is 0 Å². The number of benzene rings is 1. The molecular formula is C11H14ClN. The molecule has 0 amide bonds. The third kappa shape index (κ3) is 1.42. The summed E-state index contributed by atoms with van der Waals surface area (Å²) in [6.07, 6.45) is 1.20. The van der Waals surface area contributed by atoms with Gasteiger partial charge in [0.1, 0.15) is 0 Å². The molecule has 1 nitrogen and oxygen atoms in total. The molecule has 1 fully saturated rings. The van der Waals surface area contributed by atoms with Crippen LogP contribution in [0.25, 0.3) is 0 Å². The molecule has 1 atom stereocenters. The Labute approximate surface area is 83.9 Å². The molecule has 0 radical (unpaired) electrons. The molecule has 1 saturated carbocycles. The van der Waals surface area contributed by atoms with E-state index in [1.807, 2.05) is 18.2 Å². The van der Waals surface area contributed by atoms with Gasteiger partial charge < -0.3 is 5.73 Å². The Hall–Kier alpha value is -0.690. The summed E-state index contributed by atoms with van der Waals surface area (Å²) in [5.74, 6) is 0.557. The Balaban J connectivity index is 2.41. The summed E-state index contributed by atoms with van der Waals surface area (Å²) in [5.41, 5.74) is 8.27. The lowest BCUT2D eigenvalue weighted by atomic mass is 10.0. The summed E-state index contributed by atoms with van der Waals surface area (Å²) in [7, 11) is 0. The molecule has 1 aromatic carbocycles. The average molecular weight is 196 g/mol. The maximum Gasteiger partial charge on any atom is 0.0461 e. The van der Waals surface area contributed by atoms with Crippen LogP contribution in [0.15, 0.2) is 18.2 Å². The second-order valence-corrected chi connectivity index (χ2v) is 4.90. The molecular weight excluding hydrogens is 182 g/mol. The van der Waals surface area contributed by atoms with Gasteiger partial charge in [-0.05, 0) is 35.4 Å². The van der Waals surface area contributed by atoms with E-state index in [4.69, 9.17) is 17.3 Å². The molecule has 0 aromatic heterocycles. The topological polar surface area (TPSA) is 26.0 Å². The van der Waals surface area contributed by atoms with Crippen molar-refractivity contribution in [3.05, 3.63) is 28.8 Å². The SMILES string of the molecule is CC1(C)CC1c1c(N)cccc1Cl. The van der Waals surface area contributed by atoms with Gasteiger partial charge in [0.15, 0.2) is 0 Å². The number of halogens is 1. The molecule has 0 aliphatic heterocycles. The molecule has 70 valence electrons. The molecule has 0 saturated heterocycles. The first-order valence-electron chi connectivity index (χ1n) is 4.56. The van der Waals surface area contributed by atoms with Crippen LogP contribution in [0.5, 0.6) is 0 Å². The van der Waals surface area contributed by atoms with Crippen LogP contribution in [0.4, 0.5) is 5.69 Å². The average Bonchev–Trinajstić information content (AvgIpc) is 2.59. The van der Waals surface area contributed by atoms with Crippen LogP contribution in [-0.4, -0.2) is 0 Å². The van der Waals surface area contributed by atoms with Crippen molar-refractivity contribution in [1.29, 1.82) is 0 Å². The Morgan fingerprint density at radius 1 is 1.46 bits per heavy atom. The minimum atomic E-state index is 0.388. The van der Waals surface area contributed by atoms with Gasteiger partial charge in [-0.15, -0.1) is 0 Å². The van der Waals surface area contributed by atoms with Crippen molar-refractivity contribution in [2.75, 3.05) is 5.73 Å². The first kappa shape index (κ1) is 8.89. The lowest BCUT2D eigenvalue weighted by molar-refractivity contribution is 0.622. The van der Waals surface area contributed by atoms with Crippen molar-refractivity contribution in [3.8, 4) is 0 Å². The number of nitrogen functional groups attached to an aromatic ring is 1. The van der Waals surface area contributed by atoms with E-state index in [2.05, 4.69) is 13.8 Å². The van der Waals surface area contributed by atoms with Gasteiger partial charge in [-0.3, -0.25) is 0 Å². The smallest absolute Gasteiger partial charge is 0.0461 e. The van der Waals surface area contributed by atoms with Crippen molar-refractivity contribution in [2.45, 2.75) is 26.2 Å². The first-order chi connectivity index (χ1) is 6.02. The van der Waals surface area contributed by atoms with Crippen molar-refractivity contribution in [1.82, 2.24) is 0 Å². The highest BCUT2D eigenvalue weighted by Gasteiger charge is 2.48.